The van der Waals surface area contributed by atoms with Crippen molar-refractivity contribution in [1.29, 1.82) is 0 Å². The highest BCUT2D eigenvalue weighted by Crippen LogP contribution is 2.14. The predicted molar refractivity (Wildman–Crippen MR) is 312 cm³/mol. The zero-order valence-electron chi connectivity index (χ0n) is 49.3. The van der Waals surface area contributed by atoms with Gasteiger partial charge in [-0.3, -0.25) is 52.7 Å². The summed E-state index contributed by atoms with van der Waals surface area (Å²) in [6.07, 6.45) is 0.549. The number of benzene rings is 1. The highest BCUT2D eigenvalue weighted by Gasteiger charge is 2.37. The van der Waals surface area contributed by atoms with Crippen molar-refractivity contribution in [2.24, 2.45) is 40.5 Å². The van der Waals surface area contributed by atoms with E-state index in [1.807, 2.05) is 0 Å². The standard InChI is InChI=1S/C55H96N16O13/c1-6-32(4)12-10-11-15-44(74)62-35(16-22-56)46(75)70-43(30-72)54(83)66-37(18-24-58)48(77)67-40-21-27-61-55(84)45(33(5)73)71-51(80)39(20-26-60)64-47(76)36(17-23-57)65-52(81)41(28-31(2)3)68-53(82)42(29-34-13-8-7-9-14-34)69-49(78)38(19-25-59)63-50(40)79/h7-9,13-14,31-33,35-43,45,72-73H,6,10-12,15-30,56-60H2,1-5H3,(H,61,84)(H,62,74)(H,63,79)(H,64,76)(H,65,81)(H,66,83)(H,67,77)(H,68,82)(H,69,78)(H,70,75)(H,71,80)/t32?,33?,35-,36-,37-,38-,39-,40-,41-,42+,43-,45-/m0/s1. The van der Waals surface area contributed by atoms with Gasteiger partial charge in [0, 0.05) is 19.4 Å². The fourth-order valence-corrected chi connectivity index (χ4v) is 8.94. The monoisotopic (exact) mass is 1190 g/mol. The molecule has 1 aliphatic rings. The molecule has 0 aliphatic carbocycles. The van der Waals surface area contributed by atoms with Gasteiger partial charge in [-0.1, -0.05) is 77.3 Å². The largest absolute Gasteiger partial charge is 0.394 e. The minimum absolute atomic E-state index is 0.0117. The van der Waals surface area contributed by atoms with E-state index in [1.165, 1.54) is 6.92 Å². The van der Waals surface area contributed by atoms with E-state index in [0.717, 1.165) is 19.3 Å². The Labute approximate surface area is 491 Å². The average Bonchev–Trinajstić information content (AvgIpc) is 3.66. The molecule has 0 spiro atoms. The maximum absolute atomic E-state index is 14.5. The summed E-state index contributed by atoms with van der Waals surface area (Å²) >= 11 is 0. The lowest BCUT2D eigenvalue weighted by Gasteiger charge is -2.28. The van der Waals surface area contributed by atoms with Crippen LogP contribution in [0.4, 0.5) is 0 Å². The normalized spacial score (nSPS) is 22.6. The molecule has 2 unspecified atom stereocenters. The van der Waals surface area contributed by atoms with Gasteiger partial charge in [-0.15, -0.1) is 0 Å². The summed E-state index contributed by atoms with van der Waals surface area (Å²) in [6.45, 7) is 6.85. The molecule has 0 aromatic heterocycles. The number of hydrogen-bond donors (Lipinski definition) is 18. The summed E-state index contributed by atoms with van der Waals surface area (Å²) < 4.78 is 0. The van der Waals surface area contributed by atoms with Crippen molar-refractivity contribution < 1.29 is 63.0 Å². The van der Waals surface area contributed by atoms with Crippen LogP contribution in [0.5, 0.6) is 0 Å². The number of unbranched alkanes of at least 4 members (excludes halogenated alkanes) is 1. The molecule has 1 aromatic carbocycles. The van der Waals surface area contributed by atoms with Crippen LogP contribution in [0.1, 0.15) is 117 Å². The molecule has 1 aliphatic heterocycles. The second-order valence-electron chi connectivity index (χ2n) is 21.6. The highest BCUT2D eigenvalue weighted by atomic mass is 16.3. The van der Waals surface area contributed by atoms with E-state index in [9.17, 15) is 63.0 Å². The zero-order chi connectivity index (χ0) is 62.9. The summed E-state index contributed by atoms with van der Waals surface area (Å²) in [7, 11) is 0. The first-order valence-corrected chi connectivity index (χ1v) is 29.1. The Kier molecular flexibility index (Phi) is 34.5. The number of amides is 11. The summed E-state index contributed by atoms with van der Waals surface area (Å²) in [6, 6.07) is -6.16. The molecule has 23 N–H and O–H groups in total. The lowest BCUT2D eigenvalue weighted by Crippen LogP contribution is -2.61. The number of nitrogens with two attached hydrogens (primary N) is 5. The van der Waals surface area contributed by atoms with Crippen molar-refractivity contribution in [2.75, 3.05) is 45.9 Å². The minimum atomic E-state index is -1.69. The molecule has 29 heteroatoms. The van der Waals surface area contributed by atoms with Crippen LogP contribution in [-0.4, -0.2) is 188 Å². The number of aliphatic hydroxyl groups is 2. The fraction of sp³-hybridized carbons (Fsp3) is 0.691. The summed E-state index contributed by atoms with van der Waals surface area (Å²) in [5.41, 5.74) is 29.9. The van der Waals surface area contributed by atoms with E-state index >= 15 is 0 Å². The molecule has 11 amide bonds. The third-order valence-corrected chi connectivity index (χ3v) is 14.0. The SMILES string of the molecule is CCC(C)CCCCC(=O)N[C@@H](CCN)C(=O)N[C@@H](CO)C(=O)N[C@@H](CCN)C(=O)N[C@H]1CCNC(=O)[C@H](C(C)O)NC(=O)[C@H](CCN)NC(=O)[C@H](CCN)NC(=O)[C@H](CC(C)C)NC(=O)[C@@H](Cc2ccccc2)NC(=O)[C@H](CCN)NC1=O. The van der Waals surface area contributed by atoms with Gasteiger partial charge in [0.15, 0.2) is 0 Å². The van der Waals surface area contributed by atoms with Crippen LogP contribution < -0.4 is 87.2 Å². The maximum atomic E-state index is 14.5. The van der Waals surface area contributed by atoms with Crippen molar-refractivity contribution in [3.05, 3.63) is 35.9 Å². The first kappa shape index (κ1) is 73.2. The third kappa shape index (κ3) is 26.4. The van der Waals surface area contributed by atoms with Gasteiger partial charge in [-0.25, -0.2) is 0 Å². The van der Waals surface area contributed by atoms with Gasteiger partial charge in [-0.05, 0) is 108 Å². The Bertz CT molecular complexity index is 2280. The van der Waals surface area contributed by atoms with E-state index in [4.69, 9.17) is 28.7 Å². The highest BCUT2D eigenvalue weighted by molar-refractivity contribution is 5.99. The summed E-state index contributed by atoms with van der Waals surface area (Å²) in [5.74, 6) is -9.44. The molecule has 12 atom stereocenters. The number of hydrogen-bond acceptors (Lipinski definition) is 18. The van der Waals surface area contributed by atoms with Gasteiger partial charge in [-0.2, -0.15) is 0 Å². The quantitative estimate of drug-likeness (QED) is 0.0333. The van der Waals surface area contributed by atoms with E-state index < -0.39 is 151 Å². The Hall–Kier alpha value is -6.89. The van der Waals surface area contributed by atoms with Gasteiger partial charge >= 0.3 is 0 Å². The van der Waals surface area contributed by atoms with Crippen molar-refractivity contribution >= 4 is 65.0 Å². The van der Waals surface area contributed by atoms with Gasteiger partial charge in [0.2, 0.25) is 65.0 Å². The average molecular weight is 1190 g/mol. The van der Waals surface area contributed by atoms with Crippen molar-refractivity contribution in [3.63, 3.8) is 0 Å². The van der Waals surface area contributed by atoms with E-state index in [1.54, 1.807) is 44.2 Å². The summed E-state index contributed by atoms with van der Waals surface area (Å²) in [4.78, 5) is 153. The number of rotatable bonds is 29. The predicted octanol–water partition coefficient (Wildman–Crippen LogP) is -5.63. The third-order valence-electron chi connectivity index (χ3n) is 14.0. The van der Waals surface area contributed by atoms with Crippen LogP contribution >= 0.6 is 0 Å². The molecule has 0 bridgehead atoms. The smallest absolute Gasteiger partial charge is 0.245 e. The molecule has 474 valence electrons. The molecule has 29 nitrogen and oxygen atoms in total. The number of carbonyl (C=O) groups is 11. The Balaban J connectivity index is 2.65. The second kappa shape index (κ2) is 39.6. The van der Waals surface area contributed by atoms with Gasteiger partial charge in [0.1, 0.15) is 60.4 Å². The first-order chi connectivity index (χ1) is 40.0. The zero-order valence-corrected chi connectivity index (χ0v) is 49.3. The fourth-order valence-electron chi connectivity index (χ4n) is 8.94. The second-order valence-corrected chi connectivity index (χ2v) is 21.6. The lowest BCUT2D eigenvalue weighted by molar-refractivity contribution is -0.136. The lowest BCUT2D eigenvalue weighted by atomic mass is 10.00. The molecule has 1 heterocycles. The molecule has 0 radical (unpaired) electrons. The van der Waals surface area contributed by atoms with Crippen molar-refractivity contribution in [1.82, 2.24) is 58.5 Å². The van der Waals surface area contributed by atoms with Crippen LogP contribution in [0.25, 0.3) is 0 Å². The molecular weight excluding hydrogens is 1090 g/mol. The Morgan fingerprint density at radius 2 is 1.05 bits per heavy atom. The Morgan fingerprint density at radius 3 is 1.56 bits per heavy atom. The van der Waals surface area contributed by atoms with Crippen molar-refractivity contribution in [3.8, 4) is 0 Å². The van der Waals surface area contributed by atoms with Crippen LogP contribution in [0.3, 0.4) is 0 Å². The molecule has 2 rings (SSSR count). The van der Waals surface area contributed by atoms with Gasteiger partial charge < -0.3 is 97.4 Å². The van der Waals surface area contributed by atoms with E-state index in [0.29, 0.717) is 17.9 Å². The first-order valence-electron chi connectivity index (χ1n) is 29.1. The topological polar surface area (TPSA) is 491 Å². The summed E-state index contributed by atoms with van der Waals surface area (Å²) in [5, 5.41) is 49.0. The van der Waals surface area contributed by atoms with Gasteiger partial charge in [0.25, 0.3) is 0 Å². The van der Waals surface area contributed by atoms with E-state index in [2.05, 4.69) is 72.3 Å². The van der Waals surface area contributed by atoms with Gasteiger partial charge in [0.05, 0.1) is 12.7 Å². The van der Waals surface area contributed by atoms with Crippen LogP contribution in [0, 0.1) is 11.8 Å². The molecule has 1 saturated heterocycles. The number of carbonyl (C=O) groups excluding carboxylic acids is 11. The van der Waals surface area contributed by atoms with Crippen LogP contribution in [0.15, 0.2) is 30.3 Å². The molecular formula is C55H96N16O13. The molecule has 84 heavy (non-hydrogen) atoms. The maximum Gasteiger partial charge on any atom is 0.245 e. The minimum Gasteiger partial charge on any atom is -0.394 e. The van der Waals surface area contributed by atoms with E-state index in [-0.39, 0.29) is 90.0 Å². The van der Waals surface area contributed by atoms with Crippen molar-refractivity contribution in [2.45, 2.75) is 185 Å². The number of nitrogens with one attached hydrogen (secondary N) is 11. The molecule has 1 fully saturated rings. The Morgan fingerprint density at radius 1 is 0.571 bits per heavy atom. The van der Waals surface area contributed by atoms with Crippen LogP contribution in [0.2, 0.25) is 0 Å². The molecule has 1 aromatic rings. The number of aliphatic hydroxyl groups excluding tert-OH is 2. The molecule has 0 saturated carbocycles. The van der Waals surface area contributed by atoms with Crippen LogP contribution in [-0.2, 0) is 59.2 Å².